The molecule has 1 saturated heterocycles. The lowest BCUT2D eigenvalue weighted by molar-refractivity contribution is 0.233. The van der Waals surface area contributed by atoms with E-state index < -0.39 is 0 Å². The van der Waals surface area contributed by atoms with Crippen LogP contribution in [0.4, 0.5) is 4.79 Å². The molecule has 1 aromatic carbocycles. The number of urea groups is 1. The predicted molar refractivity (Wildman–Crippen MR) is 67.7 cm³/mol. The maximum atomic E-state index is 11.6. The maximum absolute atomic E-state index is 11.6. The van der Waals surface area contributed by atoms with Gasteiger partial charge in [-0.2, -0.15) is 0 Å². The molecule has 0 aliphatic carbocycles. The van der Waals surface area contributed by atoms with E-state index in [2.05, 4.69) is 16.0 Å². The van der Waals surface area contributed by atoms with Gasteiger partial charge in [0.2, 0.25) is 0 Å². The van der Waals surface area contributed by atoms with Crippen molar-refractivity contribution in [2.45, 2.75) is 25.4 Å². The summed E-state index contributed by atoms with van der Waals surface area (Å²) in [6.07, 6.45) is 2.19. The van der Waals surface area contributed by atoms with Crippen molar-refractivity contribution in [2.24, 2.45) is 0 Å². The van der Waals surface area contributed by atoms with Crippen LogP contribution in [0.3, 0.4) is 0 Å². The van der Waals surface area contributed by atoms with Crippen LogP contribution >= 0.6 is 0 Å². The number of carbonyl (C=O) groups excluding carboxylic acids is 1. The molecule has 1 aliphatic rings. The predicted octanol–water partition coefficient (Wildman–Crippen LogP) is 1.24. The van der Waals surface area contributed by atoms with Crippen molar-refractivity contribution in [1.29, 1.82) is 0 Å². The minimum atomic E-state index is -0.0810. The minimum Gasteiger partial charge on any atom is -0.334 e. The number of amides is 2. The van der Waals surface area contributed by atoms with E-state index in [0.29, 0.717) is 6.54 Å². The van der Waals surface area contributed by atoms with Crippen LogP contribution in [0.1, 0.15) is 18.4 Å². The molecule has 1 atom stereocenters. The Morgan fingerprint density at radius 3 is 2.88 bits per heavy atom. The van der Waals surface area contributed by atoms with E-state index in [1.165, 1.54) is 0 Å². The van der Waals surface area contributed by atoms with Gasteiger partial charge in [0.05, 0.1) is 0 Å². The molecule has 4 heteroatoms. The molecular weight excluding hydrogens is 214 g/mol. The molecule has 0 aromatic heterocycles. The molecule has 0 unspecified atom stereocenters. The van der Waals surface area contributed by atoms with Crippen molar-refractivity contribution in [2.75, 3.05) is 13.1 Å². The van der Waals surface area contributed by atoms with E-state index in [9.17, 15) is 4.79 Å². The first-order valence-electron chi connectivity index (χ1n) is 6.13. The Labute approximate surface area is 102 Å². The number of carbonyl (C=O) groups is 1. The third-order valence-electron chi connectivity index (χ3n) is 2.93. The van der Waals surface area contributed by atoms with Gasteiger partial charge in [-0.15, -0.1) is 0 Å². The molecule has 17 heavy (non-hydrogen) atoms. The third-order valence-corrected chi connectivity index (χ3v) is 2.93. The second kappa shape index (κ2) is 6.25. The molecule has 2 amide bonds. The number of piperidine rings is 1. The van der Waals surface area contributed by atoms with Gasteiger partial charge in [0.1, 0.15) is 0 Å². The zero-order valence-corrected chi connectivity index (χ0v) is 9.91. The Kier molecular flexibility index (Phi) is 4.38. The smallest absolute Gasteiger partial charge is 0.315 e. The number of hydrogen-bond donors (Lipinski definition) is 3. The summed E-state index contributed by atoms with van der Waals surface area (Å²) in [7, 11) is 0. The van der Waals surface area contributed by atoms with Crippen LogP contribution in [0.15, 0.2) is 30.3 Å². The topological polar surface area (TPSA) is 53.2 Å². The first-order chi connectivity index (χ1) is 8.34. The monoisotopic (exact) mass is 233 g/mol. The summed E-state index contributed by atoms with van der Waals surface area (Å²) in [5, 5.41) is 9.12. The number of hydrogen-bond acceptors (Lipinski definition) is 2. The first-order valence-corrected chi connectivity index (χ1v) is 6.13. The summed E-state index contributed by atoms with van der Waals surface area (Å²) in [4.78, 5) is 11.6. The van der Waals surface area contributed by atoms with Gasteiger partial charge >= 0.3 is 6.03 Å². The Morgan fingerprint density at radius 2 is 2.18 bits per heavy atom. The number of rotatable bonds is 3. The van der Waals surface area contributed by atoms with E-state index in [1.54, 1.807) is 0 Å². The fourth-order valence-electron chi connectivity index (χ4n) is 1.99. The minimum absolute atomic E-state index is 0.0810. The molecule has 1 fully saturated rings. The van der Waals surface area contributed by atoms with E-state index >= 15 is 0 Å². The van der Waals surface area contributed by atoms with Gasteiger partial charge in [0.25, 0.3) is 0 Å². The maximum Gasteiger partial charge on any atom is 0.315 e. The molecule has 0 saturated carbocycles. The van der Waals surface area contributed by atoms with E-state index in [1.807, 2.05) is 30.3 Å². The summed E-state index contributed by atoms with van der Waals surface area (Å²) in [6.45, 7) is 2.51. The van der Waals surface area contributed by atoms with Gasteiger partial charge in [-0.1, -0.05) is 30.3 Å². The zero-order chi connectivity index (χ0) is 11.9. The van der Waals surface area contributed by atoms with E-state index in [0.717, 1.165) is 31.5 Å². The van der Waals surface area contributed by atoms with Crippen LogP contribution in [0.25, 0.3) is 0 Å². The van der Waals surface area contributed by atoms with Crippen molar-refractivity contribution in [3.8, 4) is 0 Å². The summed E-state index contributed by atoms with van der Waals surface area (Å²) < 4.78 is 0. The van der Waals surface area contributed by atoms with Crippen LogP contribution in [-0.4, -0.2) is 25.2 Å². The normalized spacial score (nSPS) is 19.6. The van der Waals surface area contributed by atoms with E-state index in [4.69, 9.17) is 0 Å². The van der Waals surface area contributed by atoms with Crippen molar-refractivity contribution < 1.29 is 4.79 Å². The van der Waals surface area contributed by atoms with Crippen molar-refractivity contribution in [3.63, 3.8) is 0 Å². The van der Waals surface area contributed by atoms with Crippen molar-refractivity contribution in [3.05, 3.63) is 35.9 Å². The molecule has 1 heterocycles. The SMILES string of the molecule is O=C(NCc1ccccc1)N[C@@H]1CCCNC1. The summed E-state index contributed by atoms with van der Waals surface area (Å²) >= 11 is 0. The lowest BCUT2D eigenvalue weighted by Gasteiger charge is -2.23. The largest absolute Gasteiger partial charge is 0.334 e. The molecule has 3 N–H and O–H groups in total. The Hall–Kier alpha value is -1.55. The standard InChI is InChI=1S/C13H19N3O/c17-13(16-12-7-4-8-14-10-12)15-9-11-5-2-1-3-6-11/h1-3,5-6,12,14H,4,7-10H2,(H2,15,16,17)/t12-/m1/s1. The van der Waals surface area contributed by atoms with Gasteiger partial charge in [0, 0.05) is 19.1 Å². The van der Waals surface area contributed by atoms with Gasteiger partial charge < -0.3 is 16.0 Å². The molecule has 2 rings (SSSR count). The van der Waals surface area contributed by atoms with Crippen LogP contribution in [0.5, 0.6) is 0 Å². The number of nitrogens with one attached hydrogen (secondary N) is 3. The molecule has 1 aromatic rings. The summed E-state index contributed by atoms with van der Waals surface area (Å²) in [6, 6.07) is 10.1. The Balaban J connectivity index is 1.70. The van der Waals surface area contributed by atoms with Gasteiger partial charge in [0.15, 0.2) is 0 Å². The van der Waals surface area contributed by atoms with Gasteiger partial charge in [-0.3, -0.25) is 0 Å². The molecule has 0 spiro atoms. The van der Waals surface area contributed by atoms with Crippen LogP contribution in [-0.2, 0) is 6.54 Å². The lowest BCUT2D eigenvalue weighted by atomic mass is 10.1. The fraction of sp³-hybridized carbons (Fsp3) is 0.462. The van der Waals surface area contributed by atoms with Crippen LogP contribution < -0.4 is 16.0 Å². The second-order valence-electron chi connectivity index (χ2n) is 4.36. The summed E-state index contributed by atoms with van der Waals surface area (Å²) in [5.74, 6) is 0. The molecule has 4 nitrogen and oxygen atoms in total. The second-order valence-corrected chi connectivity index (χ2v) is 4.36. The average molecular weight is 233 g/mol. The van der Waals surface area contributed by atoms with Gasteiger partial charge in [-0.25, -0.2) is 4.79 Å². The third kappa shape index (κ3) is 4.07. The first kappa shape index (κ1) is 11.9. The molecule has 0 bridgehead atoms. The van der Waals surface area contributed by atoms with Crippen molar-refractivity contribution in [1.82, 2.24) is 16.0 Å². The Morgan fingerprint density at radius 1 is 1.35 bits per heavy atom. The van der Waals surface area contributed by atoms with Crippen LogP contribution in [0.2, 0.25) is 0 Å². The highest BCUT2D eigenvalue weighted by Crippen LogP contribution is 2.01. The molecule has 1 aliphatic heterocycles. The molecule has 92 valence electrons. The lowest BCUT2D eigenvalue weighted by Crippen LogP contribution is -2.48. The Bertz CT molecular complexity index is 347. The van der Waals surface area contributed by atoms with Gasteiger partial charge in [-0.05, 0) is 24.9 Å². The summed E-state index contributed by atoms with van der Waals surface area (Å²) in [5.41, 5.74) is 1.12. The molecule has 0 radical (unpaired) electrons. The fourth-order valence-corrected chi connectivity index (χ4v) is 1.99. The van der Waals surface area contributed by atoms with E-state index in [-0.39, 0.29) is 12.1 Å². The highest BCUT2D eigenvalue weighted by molar-refractivity contribution is 5.74. The number of benzene rings is 1. The average Bonchev–Trinajstić information content (AvgIpc) is 2.39. The van der Waals surface area contributed by atoms with Crippen LogP contribution in [0, 0.1) is 0 Å². The van der Waals surface area contributed by atoms with Crippen molar-refractivity contribution >= 4 is 6.03 Å². The highest BCUT2D eigenvalue weighted by Gasteiger charge is 2.14. The highest BCUT2D eigenvalue weighted by atomic mass is 16.2. The quantitative estimate of drug-likeness (QED) is 0.735. The molecular formula is C13H19N3O. The zero-order valence-electron chi connectivity index (χ0n) is 9.91.